The van der Waals surface area contributed by atoms with E-state index >= 15 is 0 Å². The topological polar surface area (TPSA) is 21.3 Å². The Morgan fingerprint density at radius 1 is 0.957 bits per heavy atom. The fourth-order valence-corrected chi connectivity index (χ4v) is 3.60. The van der Waals surface area contributed by atoms with Crippen LogP contribution in [-0.4, -0.2) is 13.7 Å². The zero-order valence-corrected chi connectivity index (χ0v) is 14.6. The molecule has 0 bridgehead atoms. The second kappa shape index (κ2) is 8.37. The van der Waals surface area contributed by atoms with Gasteiger partial charge in [-0.1, -0.05) is 55.3 Å². The summed E-state index contributed by atoms with van der Waals surface area (Å²) < 4.78 is 5.21. The normalized spacial score (nSPS) is 15.9. The molecule has 2 aromatic rings. The molecule has 0 aliphatic heterocycles. The molecule has 0 unspecified atom stereocenters. The summed E-state index contributed by atoms with van der Waals surface area (Å²) in [6, 6.07) is 19.3. The van der Waals surface area contributed by atoms with Crippen LogP contribution in [0.3, 0.4) is 0 Å². The monoisotopic (exact) mass is 331 g/mol. The Bertz CT molecular complexity index is 576. The van der Waals surface area contributed by atoms with Crippen molar-refractivity contribution in [1.29, 1.82) is 0 Å². The smallest absolute Gasteiger partial charge is 0.118 e. The lowest BCUT2D eigenvalue weighted by Gasteiger charge is -2.30. The lowest BCUT2D eigenvalue weighted by atomic mass is 9.79. The highest BCUT2D eigenvalue weighted by molar-refractivity contribution is 5.85. The maximum absolute atomic E-state index is 5.21. The molecule has 1 aliphatic carbocycles. The second-order valence-electron chi connectivity index (χ2n) is 6.31. The number of hydrogen-bond donors (Lipinski definition) is 1. The largest absolute Gasteiger partial charge is 0.497 e. The maximum Gasteiger partial charge on any atom is 0.118 e. The molecule has 3 heteroatoms. The molecule has 23 heavy (non-hydrogen) atoms. The summed E-state index contributed by atoms with van der Waals surface area (Å²) in [4.78, 5) is 0. The number of hydrogen-bond acceptors (Lipinski definition) is 2. The number of methoxy groups -OCH3 is 1. The number of nitrogens with one attached hydrogen (secondary N) is 1. The molecule has 1 N–H and O–H groups in total. The van der Waals surface area contributed by atoms with E-state index < -0.39 is 0 Å². The van der Waals surface area contributed by atoms with Crippen LogP contribution in [0.25, 0.3) is 0 Å². The van der Waals surface area contributed by atoms with Crippen LogP contribution >= 0.6 is 12.4 Å². The first kappa shape index (κ1) is 17.8. The van der Waals surface area contributed by atoms with Crippen LogP contribution in [0.1, 0.15) is 36.8 Å². The van der Waals surface area contributed by atoms with E-state index in [9.17, 15) is 0 Å². The third kappa shape index (κ3) is 4.27. The van der Waals surface area contributed by atoms with E-state index in [0.717, 1.165) is 18.8 Å². The Balaban J connectivity index is 0.00000192. The summed E-state index contributed by atoms with van der Waals surface area (Å²) in [6.45, 7) is 1.97. The minimum Gasteiger partial charge on any atom is -0.497 e. The van der Waals surface area contributed by atoms with Crippen LogP contribution in [0, 0.1) is 0 Å². The molecule has 2 aromatic carbocycles. The predicted molar refractivity (Wildman–Crippen MR) is 98.5 cm³/mol. The molecule has 3 rings (SSSR count). The van der Waals surface area contributed by atoms with Crippen molar-refractivity contribution < 1.29 is 4.74 Å². The highest BCUT2D eigenvalue weighted by Gasteiger charge is 2.34. The SMILES string of the molecule is COc1ccc(CNCC2(c3ccccc3)CCCC2)cc1.Cl. The number of rotatable bonds is 6. The Hall–Kier alpha value is -1.51. The predicted octanol–water partition coefficient (Wildman–Crippen LogP) is 4.72. The highest BCUT2D eigenvalue weighted by atomic mass is 35.5. The van der Waals surface area contributed by atoms with Gasteiger partial charge in [0.1, 0.15) is 5.75 Å². The van der Waals surface area contributed by atoms with E-state index in [-0.39, 0.29) is 12.4 Å². The van der Waals surface area contributed by atoms with Crippen LogP contribution in [-0.2, 0) is 12.0 Å². The Morgan fingerprint density at radius 3 is 2.22 bits per heavy atom. The molecular weight excluding hydrogens is 306 g/mol. The maximum atomic E-state index is 5.21. The van der Waals surface area contributed by atoms with E-state index in [2.05, 4.69) is 47.8 Å². The average molecular weight is 332 g/mol. The van der Waals surface area contributed by atoms with Gasteiger partial charge in [0.15, 0.2) is 0 Å². The number of halogens is 1. The standard InChI is InChI=1S/C20H25NO.ClH/c1-22-19-11-9-17(10-12-19)15-21-16-20(13-5-6-14-20)18-7-3-2-4-8-18;/h2-4,7-12,21H,5-6,13-16H2,1H3;1H. The molecule has 1 fully saturated rings. The zero-order chi connectivity index (χ0) is 15.3. The van der Waals surface area contributed by atoms with Gasteiger partial charge >= 0.3 is 0 Å². The molecule has 2 nitrogen and oxygen atoms in total. The molecule has 0 radical (unpaired) electrons. The van der Waals surface area contributed by atoms with E-state index in [4.69, 9.17) is 4.74 Å². The number of ether oxygens (including phenoxy) is 1. The molecule has 0 atom stereocenters. The third-order valence-electron chi connectivity index (χ3n) is 4.90. The van der Waals surface area contributed by atoms with Crippen LogP contribution in [0.5, 0.6) is 5.75 Å². The van der Waals surface area contributed by atoms with Crippen LogP contribution in [0.15, 0.2) is 54.6 Å². The molecule has 0 amide bonds. The summed E-state index contributed by atoms with van der Waals surface area (Å²) in [5, 5.41) is 3.68. The lowest BCUT2D eigenvalue weighted by molar-refractivity contribution is 0.403. The van der Waals surface area contributed by atoms with Crippen LogP contribution < -0.4 is 10.1 Å². The van der Waals surface area contributed by atoms with Gasteiger partial charge in [-0.15, -0.1) is 12.4 Å². The van der Waals surface area contributed by atoms with Crippen molar-refractivity contribution in [3.05, 3.63) is 65.7 Å². The van der Waals surface area contributed by atoms with Gasteiger partial charge in [0.05, 0.1) is 7.11 Å². The number of benzene rings is 2. The van der Waals surface area contributed by atoms with E-state index in [0.29, 0.717) is 5.41 Å². The minimum atomic E-state index is 0. The fraction of sp³-hybridized carbons (Fsp3) is 0.400. The van der Waals surface area contributed by atoms with Gasteiger partial charge in [-0.05, 0) is 36.1 Å². The van der Waals surface area contributed by atoms with E-state index in [1.165, 1.54) is 36.8 Å². The first-order valence-electron chi connectivity index (χ1n) is 8.22. The average Bonchev–Trinajstić information content (AvgIpc) is 3.06. The van der Waals surface area contributed by atoms with Crippen molar-refractivity contribution in [2.75, 3.05) is 13.7 Å². The van der Waals surface area contributed by atoms with E-state index in [1.54, 1.807) is 7.11 Å². The Morgan fingerprint density at radius 2 is 1.61 bits per heavy atom. The molecule has 0 saturated heterocycles. The summed E-state index contributed by atoms with van der Waals surface area (Å²) in [6.07, 6.45) is 5.29. The first-order chi connectivity index (χ1) is 10.8. The van der Waals surface area contributed by atoms with Gasteiger partial charge in [-0.3, -0.25) is 0 Å². The summed E-state index contributed by atoms with van der Waals surface area (Å²) in [5.41, 5.74) is 3.13. The van der Waals surface area contributed by atoms with Crippen molar-refractivity contribution in [1.82, 2.24) is 5.32 Å². The first-order valence-corrected chi connectivity index (χ1v) is 8.22. The quantitative estimate of drug-likeness (QED) is 0.827. The fourth-order valence-electron chi connectivity index (χ4n) is 3.60. The van der Waals surface area contributed by atoms with Gasteiger partial charge < -0.3 is 10.1 Å². The van der Waals surface area contributed by atoms with Gasteiger partial charge in [-0.2, -0.15) is 0 Å². The van der Waals surface area contributed by atoms with Crippen molar-refractivity contribution in [2.45, 2.75) is 37.6 Å². The summed E-state index contributed by atoms with van der Waals surface area (Å²) in [7, 11) is 1.71. The third-order valence-corrected chi connectivity index (χ3v) is 4.90. The van der Waals surface area contributed by atoms with E-state index in [1.807, 2.05) is 12.1 Å². The van der Waals surface area contributed by atoms with Crippen molar-refractivity contribution in [3.63, 3.8) is 0 Å². The van der Waals surface area contributed by atoms with Gasteiger partial charge in [0, 0.05) is 18.5 Å². The van der Waals surface area contributed by atoms with Crippen molar-refractivity contribution >= 4 is 12.4 Å². The van der Waals surface area contributed by atoms with Crippen LogP contribution in [0.2, 0.25) is 0 Å². The molecule has 0 spiro atoms. The molecular formula is C20H26ClNO. The van der Waals surface area contributed by atoms with Crippen molar-refractivity contribution in [2.24, 2.45) is 0 Å². The highest BCUT2D eigenvalue weighted by Crippen LogP contribution is 2.40. The Kier molecular flexibility index (Phi) is 6.49. The van der Waals surface area contributed by atoms with Gasteiger partial charge in [0.25, 0.3) is 0 Å². The summed E-state index contributed by atoms with van der Waals surface area (Å²) in [5.74, 6) is 0.917. The summed E-state index contributed by atoms with van der Waals surface area (Å²) >= 11 is 0. The molecule has 0 heterocycles. The lowest BCUT2D eigenvalue weighted by Crippen LogP contribution is -2.35. The van der Waals surface area contributed by atoms with Crippen LogP contribution in [0.4, 0.5) is 0 Å². The van der Waals surface area contributed by atoms with Gasteiger partial charge in [0.2, 0.25) is 0 Å². The van der Waals surface area contributed by atoms with Crippen molar-refractivity contribution in [3.8, 4) is 5.75 Å². The molecule has 0 aromatic heterocycles. The molecule has 1 saturated carbocycles. The second-order valence-corrected chi connectivity index (χ2v) is 6.31. The zero-order valence-electron chi connectivity index (χ0n) is 13.8. The minimum absolute atomic E-state index is 0. The molecule has 124 valence electrons. The Labute approximate surface area is 145 Å². The van der Waals surface area contributed by atoms with Gasteiger partial charge in [-0.25, -0.2) is 0 Å². The molecule has 1 aliphatic rings.